The molecule has 0 radical (unpaired) electrons. The van der Waals surface area contributed by atoms with Gasteiger partial charge in [-0.05, 0) is 37.1 Å². The first-order valence-corrected chi connectivity index (χ1v) is 7.13. The van der Waals surface area contributed by atoms with Gasteiger partial charge >= 0.3 is 0 Å². The molecule has 108 valence electrons. The van der Waals surface area contributed by atoms with E-state index in [0.29, 0.717) is 22.8 Å². The molecule has 1 aromatic rings. The van der Waals surface area contributed by atoms with Crippen molar-refractivity contribution in [1.82, 2.24) is 0 Å². The van der Waals surface area contributed by atoms with Crippen LogP contribution in [-0.4, -0.2) is 18.3 Å². The molecule has 0 saturated heterocycles. The molecule has 0 atom stereocenters. The first kappa shape index (κ1) is 15.5. The van der Waals surface area contributed by atoms with Crippen molar-refractivity contribution in [3.63, 3.8) is 0 Å². The van der Waals surface area contributed by atoms with Crippen LogP contribution in [-0.2, 0) is 4.79 Å². The van der Waals surface area contributed by atoms with Gasteiger partial charge in [0.1, 0.15) is 5.16 Å². The van der Waals surface area contributed by atoms with Gasteiger partial charge in [0.05, 0.1) is 29.2 Å². The monoisotopic (exact) mass is 366 g/mol. The summed E-state index contributed by atoms with van der Waals surface area (Å²) in [6, 6.07) is 5.43. The summed E-state index contributed by atoms with van der Waals surface area (Å²) in [6.45, 7) is 3.30. The molecule has 2 rings (SSSR count). The highest BCUT2D eigenvalue weighted by molar-refractivity contribution is 9.10. The number of halogens is 2. The van der Waals surface area contributed by atoms with Gasteiger partial charge in [-0.2, -0.15) is 0 Å². The summed E-state index contributed by atoms with van der Waals surface area (Å²) in [4.78, 5) is 19.9. The smallest absolute Gasteiger partial charge is 0.230 e. The molecule has 0 spiro atoms. The van der Waals surface area contributed by atoms with E-state index in [1.807, 2.05) is 6.07 Å². The van der Waals surface area contributed by atoms with Gasteiger partial charge in [-0.15, -0.1) is 0 Å². The molecular weight excluding hydrogens is 356 g/mol. The van der Waals surface area contributed by atoms with Crippen LogP contribution in [0, 0.1) is 0 Å². The topological polar surface area (TPSA) is 79.8 Å². The number of fused-ring (bicyclic) bond motifs is 1. The summed E-state index contributed by atoms with van der Waals surface area (Å²) < 4.78 is 0.857. The van der Waals surface area contributed by atoms with Crippen molar-refractivity contribution in [2.75, 3.05) is 5.32 Å². The predicted molar refractivity (Wildman–Crippen MR) is 90.2 cm³/mol. The zero-order chi connectivity index (χ0) is 15.4. The maximum Gasteiger partial charge on any atom is 0.230 e. The number of aliphatic imine (C=N–C) groups is 2. The van der Waals surface area contributed by atoms with E-state index in [9.17, 15) is 4.79 Å². The molecule has 0 bridgehead atoms. The summed E-state index contributed by atoms with van der Waals surface area (Å²) in [5, 5.41) is 3.00. The Kier molecular flexibility index (Phi) is 4.93. The SMILES string of the molecule is C=N/C(Cl)=C\C=C(/N)C1=Nc2ccc(Br)cc2NC(=O)C1. The van der Waals surface area contributed by atoms with Crippen molar-refractivity contribution < 1.29 is 4.79 Å². The Bertz CT molecular complexity index is 694. The number of nitrogens with two attached hydrogens (primary N) is 1. The van der Waals surface area contributed by atoms with E-state index in [-0.39, 0.29) is 17.5 Å². The van der Waals surface area contributed by atoms with Crippen LogP contribution in [0.2, 0.25) is 0 Å². The molecule has 1 aliphatic heterocycles. The standard InChI is InChI=1S/C14H12BrClN4O/c1-18-13(16)5-3-9(17)11-7-14(21)20-12-6-8(15)2-4-10(12)19-11/h2-6H,1,7,17H2,(H,20,21)/b9-3-,13-5-. The highest BCUT2D eigenvalue weighted by atomic mass is 79.9. The number of anilines is 1. The zero-order valence-corrected chi connectivity index (χ0v) is 13.3. The quantitative estimate of drug-likeness (QED) is 0.487. The second-order valence-corrected chi connectivity index (χ2v) is 5.52. The lowest BCUT2D eigenvalue weighted by Crippen LogP contribution is -2.18. The van der Waals surface area contributed by atoms with Crippen LogP contribution in [0.15, 0.2) is 55.7 Å². The second-order valence-electron chi connectivity index (χ2n) is 4.21. The van der Waals surface area contributed by atoms with Crippen molar-refractivity contribution >= 4 is 57.2 Å². The van der Waals surface area contributed by atoms with Crippen LogP contribution in [0.4, 0.5) is 11.4 Å². The molecule has 0 saturated carbocycles. The highest BCUT2D eigenvalue weighted by Gasteiger charge is 2.17. The van der Waals surface area contributed by atoms with Gasteiger partial charge in [-0.1, -0.05) is 27.5 Å². The van der Waals surface area contributed by atoms with Crippen LogP contribution in [0.1, 0.15) is 6.42 Å². The number of hydrogen-bond acceptors (Lipinski definition) is 4. The molecule has 3 N–H and O–H groups in total. The Morgan fingerprint density at radius 1 is 1.52 bits per heavy atom. The van der Waals surface area contributed by atoms with Crippen LogP contribution in [0.5, 0.6) is 0 Å². The molecule has 21 heavy (non-hydrogen) atoms. The molecule has 5 nitrogen and oxygen atoms in total. The van der Waals surface area contributed by atoms with Crippen molar-refractivity contribution in [3.05, 3.63) is 45.7 Å². The summed E-state index contributed by atoms with van der Waals surface area (Å²) in [6.07, 6.45) is 3.13. The Balaban J connectivity index is 2.41. The lowest BCUT2D eigenvalue weighted by molar-refractivity contribution is -0.115. The number of carbonyl (C=O) groups excluding carboxylic acids is 1. The largest absolute Gasteiger partial charge is 0.397 e. The van der Waals surface area contributed by atoms with E-state index in [1.54, 1.807) is 18.2 Å². The molecular formula is C14H12BrClN4O. The number of benzene rings is 1. The first-order chi connectivity index (χ1) is 9.99. The minimum atomic E-state index is -0.182. The molecule has 0 fully saturated rings. The summed E-state index contributed by atoms with van der Waals surface area (Å²) >= 11 is 9.07. The van der Waals surface area contributed by atoms with Crippen molar-refractivity contribution in [2.45, 2.75) is 6.42 Å². The average Bonchev–Trinajstić information content (AvgIpc) is 2.61. The molecule has 1 aliphatic rings. The van der Waals surface area contributed by atoms with Crippen molar-refractivity contribution in [2.24, 2.45) is 15.7 Å². The van der Waals surface area contributed by atoms with E-state index in [1.165, 1.54) is 6.08 Å². The van der Waals surface area contributed by atoms with Crippen LogP contribution < -0.4 is 11.1 Å². The van der Waals surface area contributed by atoms with E-state index >= 15 is 0 Å². The Morgan fingerprint density at radius 2 is 2.29 bits per heavy atom. The van der Waals surface area contributed by atoms with Crippen LogP contribution in [0.25, 0.3) is 0 Å². The highest BCUT2D eigenvalue weighted by Crippen LogP contribution is 2.31. The molecule has 1 heterocycles. The molecule has 0 aliphatic carbocycles. The van der Waals surface area contributed by atoms with Gasteiger partial charge in [-0.25, -0.2) is 4.99 Å². The third-order valence-corrected chi connectivity index (χ3v) is 3.44. The van der Waals surface area contributed by atoms with Gasteiger partial charge in [0, 0.05) is 4.47 Å². The minimum absolute atomic E-state index is 0.0849. The first-order valence-electron chi connectivity index (χ1n) is 5.96. The third kappa shape index (κ3) is 4.03. The maximum absolute atomic E-state index is 11.9. The molecule has 7 heteroatoms. The predicted octanol–water partition coefficient (Wildman–Crippen LogP) is 3.49. The number of nitrogens with zero attached hydrogens (tertiary/aromatic N) is 2. The Labute approximate surface area is 135 Å². The summed E-state index contributed by atoms with van der Waals surface area (Å²) in [5.74, 6) is -0.182. The Hall–Kier alpha value is -1.92. The number of rotatable bonds is 3. The fraction of sp³-hybridized carbons (Fsp3) is 0.0714. The molecule has 0 aromatic heterocycles. The maximum atomic E-state index is 11.9. The lowest BCUT2D eigenvalue weighted by Gasteiger charge is -2.04. The van der Waals surface area contributed by atoms with E-state index < -0.39 is 0 Å². The van der Waals surface area contributed by atoms with Crippen LogP contribution >= 0.6 is 27.5 Å². The number of nitrogens with one attached hydrogen (secondary N) is 1. The van der Waals surface area contributed by atoms with Crippen molar-refractivity contribution in [1.29, 1.82) is 0 Å². The molecule has 0 unspecified atom stereocenters. The van der Waals surface area contributed by atoms with Crippen LogP contribution in [0.3, 0.4) is 0 Å². The fourth-order valence-electron chi connectivity index (χ4n) is 1.71. The average molecular weight is 368 g/mol. The normalized spacial score (nSPS) is 15.7. The zero-order valence-electron chi connectivity index (χ0n) is 10.9. The summed E-state index contributed by atoms with van der Waals surface area (Å²) in [5.41, 5.74) is 8.05. The second kappa shape index (κ2) is 6.69. The Morgan fingerprint density at radius 3 is 3.00 bits per heavy atom. The van der Waals surface area contributed by atoms with Gasteiger partial charge in [-0.3, -0.25) is 9.79 Å². The van der Waals surface area contributed by atoms with E-state index in [0.717, 1.165) is 4.47 Å². The summed E-state index contributed by atoms with van der Waals surface area (Å²) in [7, 11) is 0. The third-order valence-electron chi connectivity index (χ3n) is 2.70. The van der Waals surface area contributed by atoms with Gasteiger partial charge in [0.25, 0.3) is 0 Å². The number of hydrogen-bond donors (Lipinski definition) is 2. The van der Waals surface area contributed by atoms with E-state index in [4.69, 9.17) is 17.3 Å². The number of carbonyl (C=O) groups is 1. The molecule has 1 amide bonds. The van der Waals surface area contributed by atoms with E-state index in [2.05, 4.69) is 37.9 Å². The fourth-order valence-corrected chi connectivity index (χ4v) is 2.14. The lowest BCUT2D eigenvalue weighted by atomic mass is 10.2. The van der Waals surface area contributed by atoms with Gasteiger partial charge in [0.15, 0.2) is 0 Å². The number of amides is 1. The van der Waals surface area contributed by atoms with Gasteiger partial charge in [0.2, 0.25) is 5.91 Å². The van der Waals surface area contributed by atoms with Gasteiger partial charge < -0.3 is 11.1 Å². The number of allylic oxidation sites excluding steroid dienone is 3. The van der Waals surface area contributed by atoms with Crippen molar-refractivity contribution in [3.8, 4) is 0 Å². The minimum Gasteiger partial charge on any atom is -0.397 e. The molecule has 1 aromatic carbocycles.